The lowest BCUT2D eigenvalue weighted by Gasteiger charge is -2.22. The Bertz CT molecular complexity index is 906. The lowest BCUT2D eigenvalue weighted by atomic mass is 9.97. The van der Waals surface area contributed by atoms with Crippen LogP contribution < -0.4 is 15.9 Å². The zero-order valence-corrected chi connectivity index (χ0v) is 17.5. The Balaban J connectivity index is 1.56. The van der Waals surface area contributed by atoms with Gasteiger partial charge < -0.3 is 10.1 Å². The fraction of sp³-hybridized carbons (Fsp3) is 0.400. The second kappa shape index (κ2) is 9.71. The number of rotatable bonds is 9. The molecule has 2 unspecified atom stereocenters. The second-order valence-electron chi connectivity index (χ2n) is 7.09. The van der Waals surface area contributed by atoms with Gasteiger partial charge in [-0.25, -0.2) is 10.9 Å². The fourth-order valence-corrected chi connectivity index (χ4v) is 4.33. The molecule has 1 aromatic rings. The van der Waals surface area contributed by atoms with Crippen molar-refractivity contribution in [1.82, 2.24) is 10.3 Å². The molecular formula is C20H24N6O3S. The van der Waals surface area contributed by atoms with Gasteiger partial charge in [0.25, 0.3) is 5.91 Å². The molecule has 1 saturated heterocycles. The Labute approximate surface area is 178 Å². The smallest absolute Gasteiger partial charge is 0.303 e. The summed E-state index contributed by atoms with van der Waals surface area (Å²) in [5.41, 5.74) is 10.7. The third-order valence-electron chi connectivity index (χ3n) is 5.02. The number of nitrogens with two attached hydrogens (primary N) is 1. The van der Waals surface area contributed by atoms with Crippen molar-refractivity contribution in [3.05, 3.63) is 64.2 Å². The van der Waals surface area contributed by atoms with Gasteiger partial charge in [0.05, 0.1) is 13.2 Å². The summed E-state index contributed by atoms with van der Waals surface area (Å²) < 4.78 is 4.60. The normalized spacial score (nSPS) is 23.1. The molecule has 2 heterocycles. The van der Waals surface area contributed by atoms with Gasteiger partial charge >= 0.3 is 5.24 Å². The minimum Gasteiger partial charge on any atom is -0.494 e. The van der Waals surface area contributed by atoms with Crippen LogP contribution in [0.15, 0.2) is 53.3 Å². The number of imide groups is 1. The number of azide groups is 1. The number of hydrogen-bond donors (Lipinski definition) is 2. The molecule has 0 radical (unpaired) electrons. The molecule has 9 nitrogen and oxygen atoms in total. The standard InChI is InChI=1S/C20H24N6O3S/c1-2-14-3-6-16(23-12-14)9-10-29-17-7-4-15(5-8-17)11-20(13-24-25-21)18(27)26(22)19(28)30-20/h3-8,12,16,23H,2,9-11,13,22H2,1H3. The van der Waals surface area contributed by atoms with Gasteiger partial charge in [-0.3, -0.25) is 9.59 Å². The van der Waals surface area contributed by atoms with E-state index in [9.17, 15) is 9.59 Å². The Morgan fingerprint density at radius 3 is 2.70 bits per heavy atom. The molecule has 30 heavy (non-hydrogen) atoms. The van der Waals surface area contributed by atoms with Crippen molar-refractivity contribution in [1.29, 1.82) is 0 Å². The van der Waals surface area contributed by atoms with Crippen LogP contribution >= 0.6 is 11.8 Å². The van der Waals surface area contributed by atoms with Gasteiger partial charge in [-0.15, -0.1) is 0 Å². The highest BCUT2D eigenvalue weighted by molar-refractivity contribution is 8.16. The molecule has 2 atom stereocenters. The Morgan fingerprint density at radius 2 is 2.13 bits per heavy atom. The maximum atomic E-state index is 12.5. The van der Waals surface area contributed by atoms with Crippen molar-refractivity contribution in [3.63, 3.8) is 0 Å². The summed E-state index contributed by atoms with van der Waals surface area (Å²) in [5, 5.41) is 6.90. The molecule has 3 N–H and O–H groups in total. The molecule has 0 bridgehead atoms. The second-order valence-corrected chi connectivity index (χ2v) is 8.42. The van der Waals surface area contributed by atoms with Crippen LogP contribution in [0.4, 0.5) is 4.79 Å². The van der Waals surface area contributed by atoms with E-state index in [1.807, 2.05) is 30.5 Å². The van der Waals surface area contributed by atoms with Crippen LogP contribution in [0.2, 0.25) is 0 Å². The third kappa shape index (κ3) is 4.96. The molecule has 0 aliphatic carbocycles. The first kappa shape index (κ1) is 21.8. The minimum atomic E-state index is -1.22. The number of ether oxygens (including phenoxy) is 1. The summed E-state index contributed by atoms with van der Waals surface area (Å²) in [6.07, 6.45) is 8.38. The summed E-state index contributed by atoms with van der Waals surface area (Å²) in [6, 6.07) is 7.56. The van der Waals surface area contributed by atoms with Crippen molar-refractivity contribution < 1.29 is 14.3 Å². The van der Waals surface area contributed by atoms with E-state index in [1.54, 1.807) is 0 Å². The number of dihydropyridines is 1. The molecule has 2 amide bonds. The van der Waals surface area contributed by atoms with Crippen LogP contribution in [0.1, 0.15) is 25.3 Å². The SMILES string of the molecule is CCC1=CNC(CCOc2ccc(CC3(CN=[N+]=[N-])SC(=O)N(N)C3=O)cc2)C=C1. The molecule has 3 rings (SSSR count). The summed E-state index contributed by atoms with van der Waals surface area (Å²) >= 11 is 0.798. The van der Waals surface area contributed by atoms with Crippen LogP contribution in [-0.4, -0.2) is 40.1 Å². The van der Waals surface area contributed by atoms with Gasteiger partial charge in [0.2, 0.25) is 0 Å². The van der Waals surface area contributed by atoms with Crippen molar-refractivity contribution in [2.24, 2.45) is 11.0 Å². The van der Waals surface area contributed by atoms with Crippen LogP contribution in [0, 0.1) is 0 Å². The number of hydrazine groups is 1. The minimum absolute atomic E-state index is 0.152. The summed E-state index contributed by atoms with van der Waals surface area (Å²) in [5.74, 6) is 5.68. The highest BCUT2D eigenvalue weighted by atomic mass is 32.2. The number of hydrogen-bond acceptors (Lipinski definition) is 7. The molecule has 2 aliphatic heterocycles. The third-order valence-corrected chi connectivity index (χ3v) is 6.23. The van der Waals surface area contributed by atoms with Gasteiger partial charge in [-0.2, -0.15) is 0 Å². The van der Waals surface area contributed by atoms with Crippen LogP contribution in [0.5, 0.6) is 5.75 Å². The molecular weight excluding hydrogens is 404 g/mol. The average Bonchev–Trinajstić information content (AvgIpc) is 2.97. The number of carbonyl (C=O) groups is 2. The molecule has 0 spiro atoms. The first-order valence-corrected chi connectivity index (χ1v) is 10.5. The zero-order chi connectivity index (χ0) is 21.6. The number of nitrogens with one attached hydrogen (secondary N) is 1. The highest BCUT2D eigenvalue weighted by Crippen LogP contribution is 2.39. The predicted octanol–water partition coefficient (Wildman–Crippen LogP) is 3.44. The van der Waals surface area contributed by atoms with E-state index in [2.05, 4.69) is 34.4 Å². The van der Waals surface area contributed by atoms with E-state index in [4.69, 9.17) is 16.1 Å². The molecule has 158 valence electrons. The summed E-state index contributed by atoms with van der Waals surface area (Å²) in [4.78, 5) is 27.1. The largest absolute Gasteiger partial charge is 0.494 e. The van der Waals surface area contributed by atoms with Gasteiger partial charge in [-0.1, -0.05) is 36.3 Å². The molecule has 0 aromatic heterocycles. The number of benzene rings is 1. The predicted molar refractivity (Wildman–Crippen MR) is 115 cm³/mol. The van der Waals surface area contributed by atoms with Crippen LogP contribution in [0.25, 0.3) is 10.4 Å². The number of nitrogens with zero attached hydrogens (tertiary/aromatic N) is 4. The van der Waals surface area contributed by atoms with E-state index in [0.717, 1.165) is 30.2 Å². The number of carbonyl (C=O) groups excluding carboxylic acids is 2. The summed E-state index contributed by atoms with van der Waals surface area (Å²) in [6.45, 7) is 2.53. The van der Waals surface area contributed by atoms with E-state index < -0.39 is 15.9 Å². The maximum Gasteiger partial charge on any atom is 0.303 e. The summed E-state index contributed by atoms with van der Waals surface area (Å²) in [7, 11) is 0. The lowest BCUT2D eigenvalue weighted by molar-refractivity contribution is -0.129. The van der Waals surface area contributed by atoms with Gasteiger partial charge in [0.15, 0.2) is 0 Å². The first-order chi connectivity index (χ1) is 14.5. The fourth-order valence-electron chi connectivity index (χ4n) is 3.27. The quantitative estimate of drug-likeness (QED) is 0.203. The maximum absolute atomic E-state index is 12.5. The topological polar surface area (TPSA) is 133 Å². The average molecular weight is 429 g/mol. The number of thioether (sulfide) groups is 1. The van der Waals surface area contributed by atoms with Crippen molar-refractivity contribution in [3.8, 4) is 5.75 Å². The lowest BCUT2D eigenvalue weighted by Crippen LogP contribution is -2.46. The molecule has 0 saturated carbocycles. The van der Waals surface area contributed by atoms with Gasteiger partial charge in [-0.05, 0) is 53.4 Å². The zero-order valence-electron chi connectivity index (χ0n) is 16.7. The highest BCUT2D eigenvalue weighted by Gasteiger charge is 2.51. The Morgan fingerprint density at radius 1 is 1.37 bits per heavy atom. The Kier molecular flexibility index (Phi) is 7.04. The van der Waals surface area contributed by atoms with Crippen LogP contribution in [0.3, 0.4) is 0 Å². The first-order valence-electron chi connectivity index (χ1n) is 9.65. The number of amides is 2. The van der Waals surface area contributed by atoms with Crippen molar-refractivity contribution in [2.45, 2.75) is 37.0 Å². The van der Waals surface area contributed by atoms with E-state index in [-0.39, 0.29) is 19.0 Å². The van der Waals surface area contributed by atoms with Crippen LogP contribution in [-0.2, 0) is 11.2 Å². The molecule has 2 aliphatic rings. The van der Waals surface area contributed by atoms with Crippen molar-refractivity contribution in [2.75, 3.05) is 13.2 Å². The van der Waals surface area contributed by atoms with Gasteiger partial charge in [0, 0.05) is 23.6 Å². The monoisotopic (exact) mass is 428 g/mol. The number of allylic oxidation sites excluding steroid dienone is 2. The molecule has 1 aromatic carbocycles. The van der Waals surface area contributed by atoms with Crippen molar-refractivity contribution >= 4 is 22.9 Å². The molecule has 1 fully saturated rings. The van der Waals surface area contributed by atoms with E-state index in [1.165, 1.54) is 5.57 Å². The van der Waals surface area contributed by atoms with E-state index >= 15 is 0 Å². The Hall–Kier alpha value is -2.94. The van der Waals surface area contributed by atoms with E-state index in [0.29, 0.717) is 17.4 Å². The molecule has 10 heteroatoms. The van der Waals surface area contributed by atoms with Gasteiger partial charge in [0.1, 0.15) is 10.5 Å².